The molecule has 5 rings (SSSR count). The van der Waals surface area contributed by atoms with Crippen LogP contribution in [-0.4, -0.2) is 53.1 Å². The molecule has 1 fully saturated rings. The first-order valence-electron chi connectivity index (χ1n) is 12.9. The van der Waals surface area contributed by atoms with Crippen LogP contribution in [-0.2, 0) is 30.2 Å². The highest BCUT2D eigenvalue weighted by Gasteiger charge is 2.32. The van der Waals surface area contributed by atoms with E-state index in [-0.39, 0.29) is 36.7 Å². The number of hydrogen-bond donors (Lipinski definition) is 3. The smallest absolute Gasteiger partial charge is 0.301 e. The van der Waals surface area contributed by atoms with Crippen molar-refractivity contribution in [3.63, 3.8) is 0 Å². The predicted molar refractivity (Wildman–Crippen MR) is 150 cm³/mol. The average Bonchev–Trinajstić information content (AvgIpc) is 3.40. The molecule has 3 heterocycles. The van der Waals surface area contributed by atoms with Gasteiger partial charge in [-0.05, 0) is 42.2 Å². The standard InChI is InChI=1S/C27H28F3N7O3S/c1-36-25-18(14-33-27(34-25)32-9-7-16-3-2-4-17(11-16)13-31)12-20(26(36)38)23-21(29)5-6-22(24(23)30)35-41(39,40)37-10-8-19(28)15-37/h2-6,11-12,14,19,35H,7-10,13,15,31H2,1H3,(H,32,33,34). The minimum Gasteiger partial charge on any atom is -0.354 e. The third-order valence-electron chi connectivity index (χ3n) is 6.91. The Bertz CT molecular complexity index is 1780. The second-order valence-corrected chi connectivity index (χ2v) is 11.4. The Balaban J connectivity index is 1.42. The Morgan fingerprint density at radius 2 is 1.93 bits per heavy atom. The maximum absolute atomic E-state index is 15.6. The molecule has 14 heteroatoms. The van der Waals surface area contributed by atoms with Crippen molar-refractivity contribution in [1.29, 1.82) is 0 Å². The van der Waals surface area contributed by atoms with Crippen molar-refractivity contribution in [2.75, 3.05) is 29.7 Å². The molecule has 1 aliphatic heterocycles. The van der Waals surface area contributed by atoms with Crippen LogP contribution in [0.25, 0.3) is 22.2 Å². The molecule has 2 aromatic heterocycles. The third kappa shape index (κ3) is 5.89. The first-order chi connectivity index (χ1) is 19.6. The van der Waals surface area contributed by atoms with E-state index >= 15 is 4.39 Å². The van der Waals surface area contributed by atoms with Crippen LogP contribution in [0.3, 0.4) is 0 Å². The van der Waals surface area contributed by atoms with Crippen molar-refractivity contribution < 1.29 is 21.6 Å². The molecule has 0 bridgehead atoms. The molecule has 0 aliphatic carbocycles. The fraction of sp³-hybridized carbons (Fsp3) is 0.296. The van der Waals surface area contributed by atoms with E-state index in [1.54, 1.807) is 0 Å². The summed E-state index contributed by atoms with van der Waals surface area (Å²) >= 11 is 0. The van der Waals surface area contributed by atoms with Crippen molar-refractivity contribution in [2.24, 2.45) is 12.8 Å². The molecule has 4 aromatic rings. The van der Waals surface area contributed by atoms with Gasteiger partial charge in [-0.25, -0.2) is 18.2 Å². The monoisotopic (exact) mass is 587 g/mol. The fourth-order valence-electron chi connectivity index (χ4n) is 4.73. The number of nitrogens with one attached hydrogen (secondary N) is 2. The van der Waals surface area contributed by atoms with Crippen LogP contribution >= 0.6 is 0 Å². The van der Waals surface area contributed by atoms with Crippen LogP contribution in [0.2, 0.25) is 0 Å². The van der Waals surface area contributed by atoms with Gasteiger partial charge < -0.3 is 11.1 Å². The molecular formula is C27H28F3N7O3S. The molecule has 1 atom stereocenters. The number of fused-ring (bicyclic) bond motifs is 1. The molecule has 1 aliphatic rings. The number of hydrogen-bond acceptors (Lipinski definition) is 7. The molecule has 10 nitrogen and oxygen atoms in total. The summed E-state index contributed by atoms with van der Waals surface area (Å²) in [5, 5.41) is 3.44. The van der Waals surface area contributed by atoms with Crippen LogP contribution < -0.4 is 21.3 Å². The lowest BCUT2D eigenvalue weighted by Gasteiger charge is -2.18. The normalized spacial score (nSPS) is 15.9. The quantitative estimate of drug-likeness (QED) is 0.274. The lowest BCUT2D eigenvalue weighted by molar-refractivity contribution is 0.343. The topological polar surface area (TPSA) is 135 Å². The van der Waals surface area contributed by atoms with Gasteiger partial charge in [0, 0.05) is 44.8 Å². The number of halogens is 3. The number of nitrogens with two attached hydrogens (primary N) is 1. The van der Waals surface area contributed by atoms with Gasteiger partial charge in [-0.3, -0.25) is 14.1 Å². The number of anilines is 2. The van der Waals surface area contributed by atoms with Gasteiger partial charge in [0.15, 0.2) is 5.82 Å². The van der Waals surface area contributed by atoms with E-state index in [4.69, 9.17) is 5.73 Å². The van der Waals surface area contributed by atoms with E-state index in [0.717, 1.165) is 32.1 Å². The summed E-state index contributed by atoms with van der Waals surface area (Å²) in [6, 6.07) is 10.9. The minimum atomic E-state index is -4.30. The first-order valence-corrected chi connectivity index (χ1v) is 14.3. The molecule has 2 aromatic carbocycles. The Hall–Kier alpha value is -4.01. The van der Waals surface area contributed by atoms with Gasteiger partial charge >= 0.3 is 10.2 Å². The van der Waals surface area contributed by atoms with E-state index in [1.165, 1.54) is 19.3 Å². The zero-order valence-corrected chi connectivity index (χ0v) is 22.9. The van der Waals surface area contributed by atoms with Crippen molar-refractivity contribution in [3.05, 3.63) is 81.8 Å². The maximum atomic E-state index is 15.6. The number of rotatable bonds is 9. The molecule has 4 N–H and O–H groups in total. The summed E-state index contributed by atoms with van der Waals surface area (Å²) in [7, 11) is -2.89. The number of aromatic nitrogens is 3. The maximum Gasteiger partial charge on any atom is 0.301 e. The summed E-state index contributed by atoms with van der Waals surface area (Å²) in [5.41, 5.74) is 5.66. The van der Waals surface area contributed by atoms with E-state index in [1.807, 2.05) is 29.0 Å². The second kappa shape index (κ2) is 11.5. The number of pyridine rings is 1. The van der Waals surface area contributed by atoms with E-state index < -0.39 is 44.8 Å². The summed E-state index contributed by atoms with van der Waals surface area (Å²) in [5.74, 6) is -2.08. The Kier molecular flexibility index (Phi) is 7.98. The van der Waals surface area contributed by atoms with Crippen molar-refractivity contribution >= 4 is 32.9 Å². The van der Waals surface area contributed by atoms with Crippen LogP contribution in [0.5, 0.6) is 0 Å². The Labute approximate surface area is 234 Å². The molecule has 0 radical (unpaired) electrons. The molecule has 1 unspecified atom stereocenters. The van der Waals surface area contributed by atoms with Gasteiger partial charge in [0.1, 0.15) is 17.6 Å². The summed E-state index contributed by atoms with van der Waals surface area (Å²) in [6.45, 7) is 0.510. The average molecular weight is 588 g/mol. The van der Waals surface area contributed by atoms with E-state index in [9.17, 15) is 22.0 Å². The summed E-state index contributed by atoms with van der Waals surface area (Å²) in [6.07, 6.45) is 0.795. The largest absolute Gasteiger partial charge is 0.354 e. The van der Waals surface area contributed by atoms with Gasteiger partial charge in [0.25, 0.3) is 5.56 Å². The molecule has 0 spiro atoms. The summed E-state index contributed by atoms with van der Waals surface area (Å²) < 4.78 is 73.3. The number of alkyl halides is 1. The zero-order chi connectivity index (χ0) is 29.3. The van der Waals surface area contributed by atoms with Crippen molar-refractivity contribution in [3.8, 4) is 11.1 Å². The minimum absolute atomic E-state index is 0.0210. The predicted octanol–water partition coefficient (Wildman–Crippen LogP) is 3.09. The highest BCUT2D eigenvalue weighted by atomic mass is 32.2. The number of benzene rings is 2. The molecular weight excluding hydrogens is 559 g/mol. The fourth-order valence-corrected chi connectivity index (χ4v) is 6.00. The van der Waals surface area contributed by atoms with Gasteiger partial charge in [0.2, 0.25) is 5.95 Å². The molecule has 216 valence electrons. The SMILES string of the molecule is Cn1c(=O)c(-c2c(F)ccc(NS(=O)(=O)N3CCC(F)C3)c2F)cc2cnc(NCCc3cccc(CN)c3)nc21. The third-order valence-corrected chi connectivity index (χ3v) is 8.39. The number of nitrogens with zero attached hydrogens (tertiary/aromatic N) is 4. The Morgan fingerprint density at radius 3 is 2.66 bits per heavy atom. The van der Waals surface area contributed by atoms with Gasteiger partial charge in [-0.2, -0.15) is 17.7 Å². The molecule has 41 heavy (non-hydrogen) atoms. The Morgan fingerprint density at radius 1 is 1.15 bits per heavy atom. The van der Waals surface area contributed by atoms with Gasteiger partial charge in [-0.15, -0.1) is 0 Å². The highest BCUT2D eigenvalue weighted by molar-refractivity contribution is 7.90. The van der Waals surface area contributed by atoms with Crippen LogP contribution in [0.15, 0.2) is 53.5 Å². The molecule has 0 amide bonds. The second-order valence-electron chi connectivity index (χ2n) is 9.73. The highest BCUT2D eigenvalue weighted by Crippen LogP contribution is 2.31. The van der Waals surface area contributed by atoms with Crippen molar-refractivity contribution in [2.45, 2.75) is 25.6 Å². The zero-order valence-electron chi connectivity index (χ0n) is 22.1. The van der Waals surface area contributed by atoms with Crippen LogP contribution in [0.1, 0.15) is 17.5 Å². The lowest BCUT2D eigenvalue weighted by Crippen LogP contribution is -2.34. The van der Waals surface area contributed by atoms with E-state index in [0.29, 0.717) is 24.9 Å². The van der Waals surface area contributed by atoms with Crippen molar-refractivity contribution in [1.82, 2.24) is 18.8 Å². The summed E-state index contributed by atoms with van der Waals surface area (Å²) in [4.78, 5) is 21.9. The first kappa shape index (κ1) is 28.5. The van der Waals surface area contributed by atoms with Crippen LogP contribution in [0, 0.1) is 11.6 Å². The molecule has 0 saturated carbocycles. The van der Waals surface area contributed by atoms with Gasteiger partial charge in [-0.1, -0.05) is 24.3 Å². The lowest BCUT2D eigenvalue weighted by atomic mass is 10.0. The van der Waals surface area contributed by atoms with Gasteiger partial charge in [0.05, 0.1) is 16.8 Å². The van der Waals surface area contributed by atoms with Crippen LogP contribution in [0.4, 0.5) is 24.8 Å². The van der Waals surface area contributed by atoms with E-state index in [2.05, 4.69) is 15.3 Å². The number of aryl methyl sites for hydroxylation is 1. The molecule has 1 saturated heterocycles.